The predicted molar refractivity (Wildman–Crippen MR) is 72.0 cm³/mol. The first kappa shape index (κ1) is 15.4. The number of carboxylic acids is 1. The summed E-state index contributed by atoms with van der Waals surface area (Å²) in [6.45, 7) is -0.208. The second kappa shape index (κ2) is 5.77. The van der Waals surface area contributed by atoms with Gasteiger partial charge in [-0.15, -0.1) is 0 Å². The highest BCUT2D eigenvalue weighted by Gasteiger charge is 2.32. The Labute approximate surface area is 119 Å². The van der Waals surface area contributed by atoms with E-state index in [2.05, 4.69) is 4.98 Å². The van der Waals surface area contributed by atoms with Gasteiger partial charge < -0.3 is 10.1 Å². The molecule has 114 valence electrons. The molecule has 0 amide bonds. The van der Waals surface area contributed by atoms with Gasteiger partial charge in [-0.2, -0.15) is 13.2 Å². The van der Waals surface area contributed by atoms with E-state index in [0.717, 1.165) is 21.5 Å². The summed E-state index contributed by atoms with van der Waals surface area (Å²) >= 11 is 0. The van der Waals surface area contributed by atoms with E-state index in [1.165, 1.54) is 0 Å². The van der Waals surface area contributed by atoms with E-state index >= 15 is 0 Å². The molecule has 2 N–H and O–H groups in total. The average molecular weight is 300 g/mol. The van der Waals surface area contributed by atoms with Gasteiger partial charge in [0, 0.05) is 23.1 Å². The van der Waals surface area contributed by atoms with E-state index in [1.54, 1.807) is 19.1 Å². The lowest BCUT2D eigenvalue weighted by Crippen LogP contribution is -2.37. The number of carboxylic acid groups (broad SMARTS) is 1. The van der Waals surface area contributed by atoms with Gasteiger partial charge in [0.25, 0.3) is 0 Å². The van der Waals surface area contributed by atoms with E-state index in [4.69, 9.17) is 5.11 Å². The van der Waals surface area contributed by atoms with Crippen molar-refractivity contribution < 1.29 is 23.1 Å². The largest absolute Gasteiger partial charge is 0.480 e. The minimum absolute atomic E-state index is 0.0678. The number of nitrogens with one attached hydrogen (secondary N) is 1. The molecule has 2 rings (SSSR count). The third-order valence-electron chi connectivity index (χ3n) is 3.17. The van der Waals surface area contributed by atoms with Crippen molar-refractivity contribution in [2.75, 3.05) is 13.1 Å². The van der Waals surface area contributed by atoms with Crippen LogP contribution in [0.15, 0.2) is 24.3 Å². The molecule has 0 radical (unpaired) electrons. The fraction of sp³-hybridized carbons (Fsp3) is 0.357. The number of nitrogens with zero attached hydrogens (tertiary/aromatic N) is 1. The SMILES string of the molecule is Cc1[nH]c2ccccc2c1CN(CC(=O)O)CC(F)(F)F. The molecule has 0 bridgehead atoms. The molecular weight excluding hydrogens is 285 g/mol. The summed E-state index contributed by atoms with van der Waals surface area (Å²) in [5.74, 6) is -1.28. The van der Waals surface area contributed by atoms with Crippen LogP contribution in [-0.2, 0) is 11.3 Å². The number of alkyl halides is 3. The monoisotopic (exact) mass is 300 g/mol. The topological polar surface area (TPSA) is 56.3 Å². The minimum Gasteiger partial charge on any atom is -0.480 e. The highest BCUT2D eigenvalue weighted by Crippen LogP contribution is 2.25. The Kier molecular flexibility index (Phi) is 4.22. The maximum Gasteiger partial charge on any atom is 0.401 e. The smallest absolute Gasteiger partial charge is 0.401 e. The lowest BCUT2D eigenvalue weighted by Gasteiger charge is -2.21. The second-order valence-corrected chi connectivity index (χ2v) is 4.93. The first-order valence-corrected chi connectivity index (χ1v) is 6.33. The van der Waals surface area contributed by atoms with E-state index in [0.29, 0.717) is 5.56 Å². The standard InChI is InChI=1S/C14H15F3N2O2/c1-9-11(10-4-2-3-5-12(10)18-9)6-19(7-13(20)21)8-14(15,16)17/h2-5,18H,6-8H2,1H3,(H,20,21). The molecule has 0 fully saturated rings. The van der Waals surface area contributed by atoms with Crippen LogP contribution in [0.3, 0.4) is 0 Å². The molecule has 21 heavy (non-hydrogen) atoms. The van der Waals surface area contributed by atoms with Gasteiger partial charge in [0.15, 0.2) is 0 Å². The lowest BCUT2D eigenvalue weighted by molar-refractivity contribution is -0.154. The molecule has 0 aliphatic carbocycles. The Morgan fingerprint density at radius 3 is 2.62 bits per heavy atom. The third kappa shape index (κ3) is 3.98. The molecule has 0 saturated heterocycles. The number of fused-ring (bicyclic) bond motifs is 1. The molecule has 0 atom stereocenters. The molecule has 7 heteroatoms. The van der Waals surface area contributed by atoms with Crippen LogP contribution in [-0.4, -0.2) is 40.2 Å². The number of H-pyrrole nitrogens is 1. The van der Waals surface area contributed by atoms with Gasteiger partial charge in [-0.3, -0.25) is 9.69 Å². The second-order valence-electron chi connectivity index (χ2n) is 4.93. The van der Waals surface area contributed by atoms with E-state index in [1.807, 2.05) is 12.1 Å². The number of aryl methyl sites for hydroxylation is 1. The molecule has 1 aromatic carbocycles. The fourth-order valence-corrected chi connectivity index (χ4v) is 2.37. The van der Waals surface area contributed by atoms with Gasteiger partial charge in [0.1, 0.15) is 0 Å². The van der Waals surface area contributed by atoms with Crippen LogP contribution < -0.4 is 0 Å². The van der Waals surface area contributed by atoms with Crippen molar-refractivity contribution in [2.24, 2.45) is 0 Å². The molecule has 0 aliphatic rings. The number of hydrogen-bond donors (Lipinski definition) is 2. The zero-order valence-electron chi connectivity index (χ0n) is 11.4. The van der Waals surface area contributed by atoms with Gasteiger partial charge in [0.05, 0.1) is 13.1 Å². The lowest BCUT2D eigenvalue weighted by atomic mass is 10.1. The summed E-state index contributed by atoms with van der Waals surface area (Å²) in [4.78, 5) is 14.7. The number of halogens is 3. The van der Waals surface area contributed by atoms with Crippen LogP contribution in [0.4, 0.5) is 13.2 Å². The number of aliphatic carboxylic acids is 1. The summed E-state index contributed by atoms with van der Waals surface area (Å²) in [7, 11) is 0. The molecule has 0 spiro atoms. The minimum atomic E-state index is -4.44. The maximum atomic E-state index is 12.6. The normalized spacial score (nSPS) is 12.2. The Bertz CT molecular complexity index is 649. The van der Waals surface area contributed by atoms with Crippen LogP contribution in [0.1, 0.15) is 11.3 Å². The van der Waals surface area contributed by atoms with Gasteiger partial charge in [-0.25, -0.2) is 0 Å². The summed E-state index contributed by atoms with van der Waals surface area (Å²) in [6.07, 6.45) is -4.44. The average Bonchev–Trinajstić information content (AvgIpc) is 2.63. The fourth-order valence-electron chi connectivity index (χ4n) is 2.37. The van der Waals surface area contributed by atoms with Crippen LogP contribution in [0, 0.1) is 6.92 Å². The van der Waals surface area contributed by atoms with Crippen molar-refractivity contribution in [1.29, 1.82) is 0 Å². The van der Waals surface area contributed by atoms with E-state index in [9.17, 15) is 18.0 Å². The molecule has 1 aromatic heterocycles. The molecular formula is C14H15F3N2O2. The van der Waals surface area contributed by atoms with E-state index < -0.39 is 25.2 Å². The Morgan fingerprint density at radius 1 is 1.33 bits per heavy atom. The van der Waals surface area contributed by atoms with Crippen molar-refractivity contribution >= 4 is 16.9 Å². The molecule has 1 heterocycles. The number of aromatic nitrogens is 1. The first-order chi connectivity index (χ1) is 9.76. The van der Waals surface area contributed by atoms with Gasteiger partial charge in [0.2, 0.25) is 0 Å². The Morgan fingerprint density at radius 2 is 2.00 bits per heavy atom. The molecule has 0 unspecified atom stereocenters. The first-order valence-electron chi connectivity index (χ1n) is 6.33. The van der Waals surface area contributed by atoms with Gasteiger partial charge in [-0.1, -0.05) is 18.2 Å². The molecule has 0 aliphatic heterocycles. The predicted octanol–water partition coefficient (Wildman–Crippen LogP) is 2.93. The number of benzene rings is 1. The maximum absolute atomic E-state index is 12.6. The van der Waals surface area contributed by atoms with E-state index in [-0.39, 0.29) is 6.54 Å². The van der Waals surface area contributed by atoms with Crippen molar-refractivity contribution in [1.82, 2.24) is 9.88 Å². The van der Waals surface area contributed by atoms with Crippen molar-refractivity contribution in [2.45, 2.75) is 19.6 Å². The third-order valence-corrected chi connectivity index (χ3v) is 3.17. The summed E-state index contributed by atoms with van der Waals surface area (Å²) in [5, 5.41) is 9.59. The Balaban J connectivity index is 2.29. The zero-order valence-corrected chi connectivity index (χ0v) is 11.4. The zero-order chi connectivity index (χ0) is 15.6. The highest BCUT2D eigenvalue weighted by molar-refractivity contribution is 5.84. The quantitative estimate of drug-likeness (QED) is 0.892. The van der Waals surface area contributed by atoms with Crippen LogP contribution in [0.2, 0.25) is 0 Å². The number of para-hydroxylation sites is 1. The number of aromatic amines is 1. The highest BCUT2D eigenvalue weighted by atomic mass is 19.4. The van der Waals surface area contributed by atoms with Gasteiger partial charge in [-0.05, 0) is 18.6 Å². The summed E-state index contributed by atoms with van der Waals surface area (Å²) in [5.41, 5.74) is 2.26. The molecule has 2 aromatic rings. The van der Waals surface area contributed by atoms with Crippen molar-refractivity contribution in [3.8, 4) is 0 Å². The molecule has 4 nitrogen and oxygen atoms in total. The number of hydrogen-bond acceptors (Lipinski definition) is 2. The van der Waals surface area contributed by atoms with Gasteiger partial charge >= 0.3 is 12.1 Å². The van der Waals surface area contributed by atoms with Crippen LogP contribution >= 0.6 is 0 Å². The Hall–Kier alpha value is -2.02. The van der Waals surface area contributed by atoms with Crippen LogP contribution in [0.25, 0.3) is 10.9 Å². The van der Waals surface area contributed by atoms with Crippen LogP contribution in [0.5, 0.6) is 0 Å². The summed E-state index contributed by atoms with van der Waals surface area (Å²) in [6, 6.07) is 7.26. The number of rotatable bonds is 5. The van der Waals surface area contributed by atoms with Crippen molar-refractivity contribution in [3.05, 3.63) is 35.5 Å². The summed E-state index contributed by atoms with van der Waals surface area (Å²) < 4.78 is 37.7. The van der Waals surface area contributed by atoms with Crippen molar-refractivity contribution in [3.63, 3.8) is 0 Å². The number of carbonyl (C=O) groups is 1. The molecule has 0 saturated carbocycles.